The molecule has 4 nitrogen and oxygen atoms in total. The number of hydrogen-bond acceptors (Lipinski definition) is 2. The van der Waals surface area contributed by atoms with Gasteiger partial charge in [0.25, 0.3) is 11.1 Å². The molecule has 0 unspecified atom stereocenters. The fourth-order valence-corrected chi connectivity index (χ4v) is 3.09. The molecule has 0 N–H and O–H groups in total. The Kier molecular flexibility index (Phi) is 2.29. The third kappa shape index (κ3) is 1.36. The Morgan fingerprint density at radius 1 is 0.850 bits per heavy atom. The van der Waals surface area contributed by atoms with Crippen LogP contribution in [0.3, 0.4) is 0 Å². The summed E-state index contributed by atoms with van der Waals surface area (Å²) in [5.41, 5.74) is 0.702. The topological polar surface area (TPSA) is 43.0 Å². The van der Waals surface area contributed by atoms with Crippen molar-refractivity contribution in [2.45, 2.75) is 0 Å². The fourth-order valence-electron chi connectivity index (χ4n) is 2.57. The third-order valence-corrected chi connectivity index (χ3v) is 4.15. The highest BCUT2D eigenvalue weighted by atomic mass is 79.9. The smallest absolute Gasteiger partial charge is 0.267 e. The van der Waals surface area contributed by atoms with Gasteiger partial charge >= 0.3 is 0 Å². The monoisotopic (exact) mass is 348 g/mol. The second-order valence-corrected chi connectivity index (χ2v) is 5.91. The zero-order valence-corrected chi connectivity index (χ0v) is 12.3. The van der Waals surface area contributed by atoms with E-state index in [1.165, 1.54) is 0 Å². The van der Waals surface area contributed by atoms with Gasteiger partial charge in [0.05, 0.1) is 21.8 Å². The van der Waals surface area contributed by atoms with Crippen molar-refractivity contribution in [3.8, 4) is 0 Å². The maximum atomic E-state index is 12.4. The van der Waals surface area contributed by atoms with Crippen molar-refractivity contribution in [1.29, 1.82) is 0 Å². The number of rotatable bonds is 0. The highest BCUT2D eigenvalue weighted by Crippen LogP contribution is 2.22. The summed E-state index contributed by atoms with van der Waals surface area (Å²) in [6.45, 7) is 0. The van der Waals surface area contributed by atoms with Crippen LogP contribution in [-0.2, 0) is 0 Å². The zero-order chi connectivity index (χ0) is 14.0. The molecule has 98 valence electrons. The van der Waals surface area contributed by atoms with Crippen molar-refractivity contribution in [2.75, 3.05) is 0 Å². The van der Waals surface area contributed by atoms with E-state index in [1.807, 2.05) is 6.07 Å². The molecule has 20 heavy (non-hydrogen) atoms. The maximum Gasteiger partial charge on any atom is 0.282 e. The molecule has 0 spiro atoms. The van der Waals surface area contributed by atoms with Crippen molar-refractivity contribution in [3.63, 3.8) is 0 Å². The Morgan fingerprint density at radius 2 is 1.60 bits per heavy atom. The molecule has 0 aliphatic carbocycles. The van der Waals surface area contributed by atoms with Crippen LogP contribution in [0.5, 0.6) is 0 Å². The van der Waals surface area contributed by atoms with Gasteiger partial charge < -0.3 is 0 Å². The number of nitrogens with zero attached hydrogens (tertiary/aromatic N) is 2. The lowest BCUT2D eigenvalue weighted by molar-refractivity contribution is 0.841. The first-order valence-electron chi connectivity index (χ1n) is 5.86. The van der Waals surface area contributed by atoms with Gasteiger partial charge in [0.1, 0.15) is 0 Å². The lowest BCUT2D eigenvalue weighted by Gasteiger charge is -1.95. The first kappa shape index (κ1) is 11.9. The quantitative estimate of drug-likeness (QED) is 0.490. The van der Waals surface area contributed by atoms with Gasteiger partial charge in [0.15, 0.2) is 0 Å². The number of hydrogen-bond donors (Lipinski definition) is 0. The van der Waals surface area contributed by atoms with Crippen LogP contribution < -0.4 is 11.1 Å². The van der Waals surface area contributed by atoms with E-state index in [4.69, 9.17) is 11.6 Å². The Labute approximate surface area is 125 Å². The van der Waals surface area contributed by atoms with Gasteiger partial charge in [0, 0.05) is 9.50 Å². The lowest BCUT2D eigenvalue weighted by atomic mass is 10.2. The molecule has 4 rings (SSSR count). The van der Waals surface area contributed by atoms with E-state index in [2.05, 4.69) is 15.9 Å². The van der Waals surface area contributed by atoms with Crippen LogP contribution in [0.25, 0.3) is 21.8 Å². The molecule has 0 bridgehead atoms. The number of benzene rings is 2. The van der Waals surface area contributed by atoms with Crippen molar-refractivity contribution >= 4 is 49.3 Å². The standard InChI is InChI=1S/C14H6BrClN2O2/c15-7-1-3-9-12(5-7)17-11-4-2-8(16)6-10(11)14(20)18(17)13(9)19/h1-6H. The van der Waals surface area contributed by atoms with Crippen LogP contribution in [0.2, 0.25) is 5.02 Å². The molecular weight excluding hydrogens is 344 g/mol. The van der Waals surface area contributed by atoms with E-state index < -0.39 is 0 Å². The van der Waals surface area contributed by atoms with Crippen LogP contribution in [0.4, 0.5) is 0 Å². The zero-order valence-electron chi connectivity index (χ0n) is 9.93. The van der Waals surface area contributed by atoms with Crippen molar-refractivity contribution in [3.05, 3.63) is 66.6 Å². The molecule has 0 amide bonds. The van der Waals surface area contributed by atoms with Gasteiger partial charge in [-0.15, -0.1) is 0 Å². The molecule has 2 aromatic carbocycles. The molecule has 0 aliphatic rings. The second-order valence-electron chi connectivity index (χ2n) is 4.56. The molecule has 0 saturated heterocycles. The molecule has 0 saturated carbocycles. The summed E-state index contributed by atoms with van der Waals surface area (Å²) in [4.78, 5) is 24.8. The van der Waals surface area contributed by atoms with Crippen molar-refractivity contribution < 1.29 is 0 Å². The molecule has 6 heteroatoms. The average Bonchev–Trinajstić information content (AvgIpc) is 2.86. The SMILES string of the molecule is O=c1c2cc(Cl)ccc2n2c3cc(Br)ccc3c(=O)n12. The normalized spacial score (nSPS) is 11.9. The van der Waals surface area contributed by atoms with E-state index in [9.17, 15) is 9.59 Å². The Hall–Kier alpha value is -1.85. The van der Waals surface area contributed by atoms with Gasteiger partial charge in [-0.1, -0.05) is 27.5 Å². The van der Waals surface area contributed by atoms with E-state index in [1.54, 1.807) is 34.8 Å². The molecule has 0 aliphatic heterocycles. The maximum absolute atomic E-state index is 12.4. The summed E-state index contributed by atoms with van der Waals surface area (Å²) in [6, 6.07) is 10.4. The lowest BCUT2D eigenvalue weighted by Crippen LogP contribution is -2.21. The second kappa shape index (κ2) is 3.84. The Balaban J connectivity index is 2.45. The Morgan fingerprint density at radius 3 is 2.40 bits per heavy atom. The number of fused-ring (bicyclic) bond motifs is 5. The molecule has 4 aromatic rings. The summed E-state index contributed by atoms with van der Waals surface area (Å²) in [5.74, 6) is 0. The molecule has 0 fully saturated rings. The minimum absolute atomic E-state index is 0.315. The highest BCUT2D eigenvalue weighted by Gasteiger charge is 2.17. The van der Waals surface area contributed by atoms with Gasteiger partial charge in [-0.2, -0.15) is 4.52 Å². The fraction of sp³-hybridized carbons (Fsp3) is 0. The first-order chi connectivity index (χ1) is 9.58. The van der Waals surface area contributed by atoms with Crippen LogP contribution in [0, 0.1) is 0 Å². The predicted molar refractivity (Wildman–Crippen MR) is 82.3 cm³/mol. The van der Waals surface area contributed by atoms with Gasteiger partial charge in [-0.25, -0.2) is 4.52 Å². The minimum Gasteiger partial charge on any atom is -0.267 e. The van der Waals surface area contributed by atoms with E-state index >= 15 is 0 Å². The Bertz CT molecular complexity index is 1110. The number of aromatic nitrogens is 2. The van der Waals surface area contributed by atoms with Gasteiger partial charge in [0.2, 0.25) is 0 Å². The summed E-state index contributed by atoms with van der Waals surface area (Å²) < 4.78 is 3.63. The predicted octanol–water partition coefficient (Wildman–Crippen LogP) is 2.92. The summed E-state index contributed by atoms with van der Waals surface area (Å²) in [5, 5.41) is 1.43. The summed E-state index contributed by atoms with van der Waals surface area (Å²) in [7, 11) is 0. The van der Waals surface area contributed by atoms with Crippen molar-refractivity contribution in [1.82, 2.24) is 9.03 Å². The van der Waals surface area contributed by atoms with Gasteiger partial charge in [-0.3, -0.25) is 9.59 Å². The van der Waals surface area contributed by atoms with Crippen LogP contribution in [-0.4, -0.2) is 9.03 Å². The molecule has 0 radical (unpaired) electrons. The van der Waals surface area contributed by atoms with Crippen LogP contribution in [0.1, 0.15) is 0 Å². The molecular formula is C14H6BrClN2O2. The molecule has 0 atom stereocenters. The summed E-state index contributed by atoms with van der Waals surface area (Å²) in [6.07, 6.45) is 0. The van der Waals surface area contributed by atoms with Crippen LogP contribution in [0.15, 0.2) is 50.5 Å². The van der Waals surface area contributed by atoms with E-state index in [0.29, 0.717) is 26.8 Å². The average molecular weight is 350 g/mol. The summed E-state index contributed by atoms with van der Waals surface area (Å²) >= 11 is 9.31. The van der Waals surface area contributed by atoms with E-state index in [-0.39, 0.29) is 11.1 Å². The van der Waals surface area contributed by atoms with Crippen molar-refractivity contribution in [2.24, 2.45) is 0 Å². The molecule has 2 aromatic heterocycles. The van der Waals surface area contributed by atoms with Crippen LogP contribution >= 0.6 is 27.5 Å². The largest absolute Gasteiger partial charge is 0.282 e. The third-order valence-electron chi connectivity index (χ3n) is 3.42. The van der Waals surface area contributed by atoms with E-state index in [0.717, 1.165) is 8.99 Å². The number of halogens is 2. The van der Waals surface area contributed by atoms with Gasteiger partial charge in [-0.05, 0) is 36.4 Å². The highest BCUT2D eigenvalue weighted by molar-refractivity contribution is 9.10. The minimum atomic E-state index is -0.347. The first-order valence-corrected chi connectivity index (χ1v) is 7.03. The molecule has 2 heterocycles.